The molecule has 2 aromatic carbocycles. The molecule has 0 aromatic heterocycles. The normalized spacial score (nSPS) is 17.5. The van der Waals surface area contributed by atoms with Crippen LogP contribution < -0.4 is 0 Å². The van der Waals surface area contributed by atoms with E-state index in [9.17, 15) is 19.2 Å². The summed E-state index contributed by atoms with van der Waals surface area (Å²) in [6.45, 7) is 2.88. The highest BCUT2D eigenvalue weighted by Crippen LogP contribution is 2.33. The Morgan fingerprint density at radius 2 is 1.52 bits per heavy atom. The molecule has 4 rings (SSSR count). The summed E-state index contributed by atoms with van der Waals surface area (Å²) in [4.78, 5) is 54.3. The molecule has 0 bridgehead atoms. The molecule has 8 nitrogen and oxygen atoms in total. The van der Waals surface area contributed by atoms with E-state index in [1.54, 1.807) is 35.2 Å². The molecule has 172 valence electrons. The van der Waals surface area contributed by atoms with Crippen molar-refractivity contribution in [1.82, 2.24) is 9.80 Å². The number of hydrogen-bond acceptors (Lipinski definition) is 6. The Kier molecular flexibility index (Phi) is 6.69. The van der Waals surface area contributed by atoms with Crippen LogP contribution in [0.15, 0.2) is 42.5 Å². The number of carbonyl (C=O) groups is 4. The van der Waals surface area contributed by atoms with Gasteiger partial charge in [-0.15, -0.1) is 0 Å². The number of morpholine rings is 1. The number of halogens is 2. The number of fused-ring (bicyclic) bond motifs is 1. The molecule has 33 heavy (non-hydrogen) atoms. The molecule has 0 N–H and O–H groups in total. The van der Waals surface area contributed by atoms with Crippen molar-refractivity contribution in [2.45, 2.75) is 19.1 Å². The average molecular weight is 491 g/mol. The molecule has 3 amide bonds. The fourth-order valence-corrected chi connectivity index (χ4v) is 4.09. The van der Waals surface area contributed by atoms with Crippen molar-refractivity contribution in [2.24, 2.45) is 0 Å². The van der Waals surface area contributed by atoms with Crippen LogP contribution in [0.1, 0.15) is 39.3 Å². The minimum Gasteiger partial charge on any atom is -0.446 e. The molecule has 2 aliphatic heterocycles. The maximum absolute atomic E-state index is 13.2. The lowest BCUT2D eigenvalue weighted by atomic mass is 10.1. The largest absolute Gasteiger partial charge is 0.446 e. The van der Waals surface area contributed by atoms with Crippen molar-refractivity contribution in [3.05, 3.63) is 69.2 Å². The van der Waals surface area contributed by atoms with Gasteiger partial charge in [0.1, 0.15) is 6.04 Å². The lowest BCUT2D eigenvalue weighted by Gasteiger charge is -2.31. The number of ether oxygens (including phenoxy) is 2. The molecule has 1 saturated heterocycles. The summed E-state index contributed by atoms with van der Waals surface area (Å²) in [7, 11) is 0. The van der Waals surface area contributed by atoms with Gasteiger partial charge < -0.3 is 14.4 Å². The van der Waals surface area contributed by atoms with Crippen molar-refractivity contribution in [1.29, 1.82) is 0 Å². The van der Waals surface area contributed by atoms with E-state index >= 15 is 0 Å². The van der Waals surface area contributed by atoms with Crippen LogP contribution in [0.4, 0.5) is 0 Å². The number of benzene rings is 2. The topological polar surface area (TPSA) is 93.2 Å². The zero-order valence-electron chi connectivity index (χ0n) is 17.6. The first-order valence-electron chi connectivity index (χ1n) is 10.3. The fourth-order valence-electron chi connectivity index (χ4n) is 3.76. The van der Waals surface area contributed by atoms with Crippen LogP contribution in [0.3, 0.4) is 0 Å². The van der Waals surface area contributed by atoms with E-state index in [0.29, 0.717) is 31.9 Å². The van der Waals surface area contributed by atoms with Crippen LogP contribution in [0.5, 0.6) is 0 Å². The number of imide groups is 1. The summed E-state index contributed by atoms with van der Waals surface area (Å²) < 4.78 is 10.9. The monoisotopic (exact) mass is 490 g/mol. The minimum absolute atomic E-state index is 0.0538. The van der Waals surface area contributed by atoms with Gasteiger partial charge in [-0.2, -0.15) is 0 Å². The Hall–Kier alpha value is -2.94. The maximum atomic E-state index is 13.2. The van der Waals surface area contributed by atoms with Crippen molar-refractivity contribution in [3.63, 3.8) is 0 Å². The van der Waals surface area contributed by atoms with Crippen LogP contribution in [0, 0.1) is 0 Å². The lowest BCUT2D eigenvalue weighted by molar-refractivity contribution is -0.165. The summed E-state index contributed by atoms with van der Waals surface area (Å²) in [6.07, 6.45) is -1.22. The van der Waals surface area contributed by atoms with Crippen LogP contribution >= 0.6 is 23.2 Å². The van der Waals surface area contributed by atoms with Crippen molar-refractivity contribution < 1.29 is 28.7 Å². The van der Waals surface area contributed by atoms with Crippen LogP contribution in [0.25, 0.3) is 0 Å². The van der Waals surface area contributed by atoms with E-state index in [1.807, 2.05) is 0 Å². The van der Waals surface area contributed by atoms with Crippen LogP contribution in [0.2, 0.25) is 10.0 Å². The molecule has 0 saturated carbocycles. The van der Waals surface area contributed by atoms with E-state index in [0.717, 1.165) is 4.90 Å². The molecule has 0 radical (unpaired) electrons. The number of hydrogen-bond donors (Lipinski definition) is 0. The summed E-state index contributed by atoms with van der Waals surface area (Å²) >= 11 is 12.0. The Balaban J connectivity index is 1.57. The predicted molar refractivity (Wildman–Crippen MR) is 119 cm³/mol. The number of esters is 1. The molecule has 2 heterocycles. The zero-order valence-corrected chi connectivity index (χ0v) is 19.1. The van der Waals surface area contributed by atoms with Gasteiger partial charge in [-0.25, -0.2) is 4.79 Å². The van der Waals surface area contributed by atoms with Crippen molar-refractivity contribution >= 4 is 46.9 Å². The molecule has 2 aliphatic rings. The Morgan fingerprint density at radius 1 is 0.970 bits per heavy atom. The zero-order chi connectivity index (χ0) is 23.7. The van der Waals surface area contributed by atoms with Crippen LogP contribution in [-0.2, 0) is 19.1 Å². The van der Waals surface area contributed by atoms with Gasteiger partial charge in [-0.1, -0.05) is 53.5 Å². The lowest BCUT2D eigenvalue weighted by Crippen LogP contribution is -2.47. The van der Waals surface area contributed by atoms with Gasteiger partial charge in [0.05, 0.1) is 34.4 Å². The molecule has 0 aliphatic carbocycles. The number of rotatable bonds is 5. The van der Waals surface area contributed by atoms with Gasteiger partial charge in [-0.3, -0.25) is 19.3 Å². The van der Waals surface area contributed by atoms with Gasteiger partial charge in [0.2, 0.25) is 6.10 Å². The molecule has 1 fully saturated rings. The third kappa shape index (κ3) is 4.46. The van der Waals surface area contributed by atoms with E-state index in [1.165, 1.54) is 19.1 Å². The van der Waals surface area contributed by atoms with Crippen molar-refractivity contribution in [2.75, 3.05) is 26.3 Å². The first kappa shape index (κ1) is 23.2. The summed E-state index contributed by atoms with van der Waals surface area (Å²) in [5.41, 5.74) is 0.589. The first-order valence-corrected chi connectivity index (χ1v) is 11.0. The van der Waals surface area contributed by atoms with Gasteiger partial charge in [0.15, 0.2) is 0 Å². The Bertz CT molecular complexity index is 1080. The highest BCUT2D eigenvalue weighted by Gasteiger charge is 2.43. The van der Waals surface area contributed by atoms with Gasteiger partial charge in [-0.05, 0) is 19.1 Å². The molecule has 2 aromatic rings. The summed E-state index contributed by atoms with van der Waals surface area (Å²) in [5.74, 6) is -2.66. The predicted octanol–water partition coefficient (Wildman–Crippen LogP) is 3.12. The minimum atomic E-state index is -1.28. The molecule has 2 atom stereocenters. The maximum Gasteiger partial charge on any atom is 0.330 e. The second kappa shape index (κ2) is 9.51. The third-order valence-corrected chi connectivity index (χ3v) is 6.29. The van der Waals surface area contributed by atoms with E-state index in [-0.39, 0.29) is 21.2 Å². The smallest absolute Gasteiger partial charge is 0.330 e. The SMILES string of the molecule is C[C@H](C(=O)O[C@@H](C(=O)N1CCOCC1)c1ccccc1)N1C(=O)c2cc(Cl)c(Cl)cc2C1=O. The Labute approximate surface area is 199 Å². The standard InChI is InChI=1S/C23H20Cl2N2O6/c1-13(27-20(28)15-11-17(24)18(25)12-16(15)21(27)29)23(31)33-19(14-5-3-2-4-6-14)22(30)26-7-9-32-10-8-26/h2-6,11-13,19H,7-10H2,1H3/t13-,19-/m1/s1. The average Bonchev–Trinajstić information content (AvgIpc) is 3.06. The van der Waals surface area contributed by atoms with Gasteiger partial charge in [0.25, 0.3) is 17.7 Å². The molecular weight excluding hydrogens is 471 g/mol. The molecule has 10 heteroatoms. The van der Waals surface area contributed by atoms with E-state index in [4.69, 9.17) is 32.7 Å². The molecule has 0 spiro atoms. The quantitative estimate of drug-likeness (QED) is 0.472. The Morgan fingerprint density at radius 3 is 2.06 bits per heavy atom. The van der Waals surface area contributed by atoms with Gasteiger partial charge in [0, 0.05) is 18.7 Å². The fraction of sp³-hybridized carbons (Fsp3) is 0.304. The second-order valence-electron chi connectivity index (χ2n) is 7.63. The number of carbonyl (C=O) groups excluding carboxylic acids is 4. The van der Waals surface area contributed by atoms with Gasteiger partial charge >= 0.3 is 5.97 Å². The first-order chi connectivity index (χ1) is 15.8. The van der Waals surface area contributed by atoms with Crippen LogP contribution in [-0.4, -0.2) is 65.8 Å². The van der Waals surface area contributed by atoms with E-state index < -0.39 is 35.8 Å². The second-order valence-corrected chi connectivity index (χ2v) is 8.45. The molecule has 0 unspecified atom stereocenters. The van der Waals surface area contributed by atoms with Crippen molar-refractivity contribution in [3.8, 4) is 0 Å². The molecular formula is C23H20Cl2N2O6. The number of nitrogens with zero attached hydrogens (tertiary/aromatic N) is 2. The highest BCUT2D eigenvalue weighted by molar-refractivity contribution is 6.43. The third-order valence-electron chi connectivity index (χ3n) is 5.57. The van der Waals surface area contributed by atoms with E-state index in [2.05, 4.69) is 0 Å². The number of amides is 3. The summed E-state index contributed by atoms with van der Waals surface area (Å²) in [6, 6.07) is 9.89. The highest BCUT2D eigenvalue weighted by atomic mass is 35.5. The summed E-state index contributed by atoms with van der Waals surface area (Å²) in [5, 5.41) is 0.239.